The quantitative estimate of drug-likeness (QED) is 0.692. The van der Waals surface area contributed by atoms with Crippen molar-refractivity contribution in [1.82, 2.24) is 0 Å². The molecule has 1 atom stereocenters. The van der Waals surface area contributed by atoms with Crippen LogP contribution in [0.15, 0.2) is 30.3 Å². The standard InChI is InChI=1S/C12H13O3/c1-2-12(14)15-11(8-9-13)10-6-4-3-5-7-10/h3-7,11H,2,8H2,1H3. The second-order valence-electron chi connectivity index (χ2n) is 3.09. The maximum atomic E-state index is 11.1. The SMILES string of the molecule is CCC(=O)OC(C[C]=O)c1ccccc1. The van der Waals surface area contributed by atoms with Gasteiger partial charge in [0, 0.05) is 6.42 Å². The van der Waals surface area contributed by atoms with Crippen molar-refractivity contribution in [2.45, 2.75) is 25.9 Å². The van der Waals surface area contributed by atoms with Crippen LogP contribution in [0.5, 0.6) is 0 Å². The third-order valence-corrected chi connectivity index (χ3v) is 2.00. The third-order valence-electron chi connectivity index (χ3n) is 2.00. The van der Waals surface area contributed by atoms with Crippen molar-refractivity contribution in [2.24, 2.45) is 0 Å². The van der Waals surface area contributed by atoms with Gasteiger partial charge in [-0.25, -0.2) is 0 Å². The Morgan fingerprint density at radius 3 is 2.60 bits per heavy atom. The number of rotatable bonds is 5. The molecule has 0 spiro atoms. The van der Waals surface area contributed by atoms with Gasteiger partial charge in [-0.05, 0) is 5.56 Å². The molecule has 15 heavy (non-hydrogen) atoms. The second-order valence-corrected chi connectivity index (χ2v) is 3.09. The lowest BCUT2D eigenvalue weighted by Gasteiger charge is -2.14. The third kappa shape index (κ3) is 3.54. The molecule has 0 N–H and O–H groups in total. The topological polar surface area (TPSA) is 43.4 Å². The zero-order chi connectivity index (χ0) is 11.1. The smallest absolute Gasteiger partial charge is 0.306 e. The molecule has 3 heteroatoms. The van der Waals surface area contributed by atoms with E-state index < -0.39 is 6.10 Å². The first-order valence-corrected chi connectivity index (χ1v) is 4.87. The van der Waals surface area contributed by atoms with E-state index in [1.165, 1.54) is 0 Å². The first-order valence-electron chi connectivity index (χ1n) is 4.87. The highest BCUT2D eigenvalue weighted by atomic mass is 16.5. The van der Waals surface area contributed by atoms with E-state index in [2.05, 4.69) is 0 Å². The first kappa shape index (κ1) is 11.4. The number of ether oxygens (including phenoxy) is 1. The Bertz CT molecular complexity index is 319. The molecule has 0 saturated heterocycles. The van der Waals surface area contributed by atoms with E-state index in [0.717, 1.165) is 5.56 Å². The summed E-state index contributed by atoms with van der Waals surface area (Å²) >= 11 is 0. The molecule has 1 aromatic carbocycles. The van der Waals surface area contributed by atoms with Crippen molar-refractivity contribution in [3.63, 3.8) is 0 Å². The van der Waals surface area contributed by atoms with Crippen LogP contribution in [0.4, 0.5) is 0 Å². The molecule has 3 nitrogen and oxygen atoms in total. The molecule has 0 aliphatic carbocycles. The van der Waals surface area contributed by atoms with Crippen LogP contribution in [0.1, 0.15) is 31.4 Å². The van der Waals surface area contributed by atoms with Crippen LogP contribution in [0.3, 0.4) is 0 Å². The van der Waals surface area contributed by atoms with Crippen LogP contribution in [0, 0.1) is 0 Å². The summed E-state index contributed by atoms with van der Waals surface area (Å²) in [5.41, 5.74) is 0.822. The summed E-state index contributed by atoms with van der Waals surface area (Å²) in [6.07, 6.45) is 1.65. The number of esters is 1. The van der Waals surface area contributed by atoms with Gasteiger partial charge in [-0.1, -0.05) is 37.3 Å². The molecule has 0 saturated carbocycles. The number of hydrogen-bond acceptors (Lipinski definition) is 3. The van der Waals surface area contributed by atoms with Crippen molar-refractivity contribution in [3.05, 3.63) is 35.9 Å². The fourth-order valence-corrected chi connectivity index (χ4v) is 1.21. The van der Waals surface area contributed by atoms with E-state index in [-0.39, 0.29) is 12.4 Å². The summed E-state index contributed by atoms with van der Waals surface area (Å²) < 4.78 is 5.12. The molecule has 0 bridgehead atoms. The Balaban J connectivity index is 2.74. The predicted molar refractivity (Wildman–Crippen MR) is 55.9 cm³/mol. The van der Waals surface area contributed by atoms with Crippen LogP contribution in [-0.2, 0) is 14.3 Å². The average molecular weight is 205 g/mol. The van der Waals surface area contributed by atoms with Gasteiger partial charge in [0.1, 0.15) is 6.10 Å². The van der Waals surface area contributed by atoms with Gasteiger partial charge in [0.15, 0.2) is 0 Å². The second kappa shape index (κ2) is 5.96. The van der Waals surface area contributed by atoms with E-state index >= 15 is 0 Å². The maximum Gasteiger partial charge on any atom is 0.306 e. The normalized spacial score (nSPS) is 11.8. The van der Waals surface area contributed by atoms with Gasteiger partial charge in [0.25, 0.3) is 0 Å². The van der Waals surface area contributed by atoms with Crippen molar-refractivity contribution < 1.29 is 14.3 Å². The van der Waals surface area contributed by atoms with Gasteiger partial charge >= 0.3 is 5.97 Å². The Hall–Kier alpha value is -1.64. The van der Waals surface area contributed by atoms with Crippen LogP contribution >= 0.6 is 0 Å². The maximum absolute atomic E-state index is 11.1. The highest BCUT2D eigenvalue weighted by Crippen LogP contribution is 2.20. The molecule has 0 aliphatic rings. The van der Waals surface area contributed by atoms with Crippen LogP contribution in [0.2, 0.25) is 0 Å². The minimum Gasteiger partial charge on any atom is -0.457 e. The molecular formula is C12H13O3. The molecule has 0 amide bonds. The monoisotopic (exact) mass is 205 g/mol. The fourth-order valence-electron chi connectivity index (χ4n) is 1.21. The zero-order valence-electron chi connectivity index (χ0n) is 8.60. The van der Waals surface area contributed by atoms with Gasteiger partial charge in [0.2, 0.25) is 6.29 Å². The van der Waals surface area contributed by atoms with Gasteiger partial charge in [-0.3, -0.25) is 9.59 Å². The van der Waals surface area contributed by atoms with Crippen LogP contribution in [-0.4, -0.2) is 12.3 Å². The minimum absolute atomic E-state index is 0.0791. The lowest BCUT2D eigenvalue weighted by atomic mass is 10.1. The molecular weight excluding hydrogens is 192 g/mol. The number of hydrogen-bond donors (Lipinski definition) is 0. The average Bonchev–Trinajstić information content (AvgIpc) is 2.29. The number of carbonyl (C=O) groups is 1. The first-order chi connectivity index (χ1) is 7.27. The summed E-state index contributed by atoms with van der Waals surface area (Å²) in [7, 11) is 0. The largest absolute Gasteiger partial charge is 0.457 e. The number of carbonyl (C=O) groups excluding carboxylic acids is 2. The van der Waals surface area contributed by atoms with E-state index in [1.807, 2.05) is 30.3 Å². The fraction of sp³-hybridized carbons (Fsp3) is 0.333. The summed E-state index contributed by atoms with van der Waals surface area (Å²) in [4.78, 5) is 21.5. The Kier molecular flexibility index (Phi) is 4.54. The van der Waals surface area contributed by atoms with Crippen LogP contribution < -0.4 is 0 Å². The lowest BCUT2D eigenvalue weighted by molar-refractivity contribution is -0.148. The summed E-state index contributed by atoms with van der Waals surface area (Å²) in [5.74, 6) is -0.306. The highest BCUT2D eigenvalue weighted by molar-refractivity contribution is 5.69. The summed E-state index contributed by atoms with van der Waals surface area (Å²) in [6, 6.07) is 9.20. The highest BCUT2D eigenvalue weighted by Gasteiger charge is 2.15. The predicted octanol–water partition coefficient (Wildman–Crippen LogP) is 2.18. The number of benzene rings is 1. The molecule has 0 aromatic heterocycles. The van der Waals surface area contributed by atoms with Crippen molar-refractivity contribution in [3.8, 4) is 0 Å². The van der Waals surface area contributed by atoms with E-state index in [0.29, 0.717) is 6.42 Å². The van der Waals surface area contributed by atoms with Gasteiger partial charge in [-0.15, -0.1) is 0 Å². The molecule has 0 fully saturated rings. The summed E-state index contributed by atoms with van der Waals surface area (Å²) in [5, 5.41) is 0. The molecule has 79 valence electrons. The lowest BCUT2D eigenvalue weighted by Crippen LogP contribution is -2.10. The Labute approximate surface area is 89.1 Å². The molecule has 1 unspecified atom stereocenters. The Morgan fingerprint density at radius 2 is 2.07 bits per heavy atom. The van der Waals surface area contributed by atoms with Crippen molar-refractivity contribution >= 4 is 12.3 Å². The van der Waals surface area contributed by atoms with Gasteiger partial charge in [0.05, 0.1) is 6.42 Å². The zero-order valence-corrected chi connectivity index (χ0v) is 8.60. The van der Waals surface area contributed by atoms with Gasteiger partial charge < -0.3 is 4.74 Å². The van der Waals surface area contributed by atoms with E-state index in [4.69, 9.17) is 4.74 Å². The molecule has 1 radical (unpaired) electrons. The Morgan fingerprint density at radius 1 is 1.40 bits per heavy atom. The van der Waals surface area contributed by atoms with E-state index in [1.54, 1.807) is 13.2 Å². The van der Waals surface area contributed by atoms with Gasteiger partial charge in [-0.2, -0.15) is 0 Å². The molecule has 1 aromatic rings. The van der Waals surface area contributed by atoms with Crippen molar-refractivity contribution in [1.29, 1.82) is 0 Å². The van der Waals surface area contributed by atoms with E-state index in [9.17, 15) is 9.59 Å². The molecule has 0 aliphatic heterocycles. The molecule has 1 rings (SSSR count). The van der Waals surface area contributed by atoms with Crippen LogP contribution in [0.25, 0.3) is 0 Å². The minimum atomic E-state index is -0.504. The van der Waals surface area contributed by atoms with Crippen molar-refractivity contribution in [2.75, 3.05) is 0 Å². The molecule has 0 heterocycles. The summed E-state index contributed by atoms with van der Waals surface area (Å²) in [6.45, 7) is 1.72.